The molecule has 4 aromatic rings. The third-order valence-electron chi connectivity index (χ3n) is 5.58. The minimum atomic E-state index is -4.77. The quantitative estimate of drug-likeness (QED) is 0.433. The van der Waals surface area contributed by atoms with Crippen molar-refractivity contribution in [3.63, 3.8) is 0 Å². The number of carbonyl (C=O) groups is 1. The summed E-state index contributed by atoms with van der Waals surface area (Å²) in [6, 6.07) is 14.3. The topological polar surface area (TPSA) is 92.5 Å². The van der Waals surface area contributed by atoms with Gasteiger partial charge in [-0.05, 0) is 48.0 Å². The molecule has 1 aromatic carbocycles. The largest absolute Gasteiger partial charge is 0.573 e. The Morgan fingerprint density at radius 1 is 1.11 bits per heavy atom. The Bertz CT molecular complexity index is 1350. The number of halogens is 3. The van der Waals surface area contributed by atoms with Crippen molar-refractivity contribution < 1.29 is 27.8 Å². The molecule has 0 bridgehead atoms. The second-order valence-corrected chi connectivity index (χ2v) is 8.14. The van der Waals surface area contributed by atoms with E-state index < -0.39 is 6.36 Å². The number of benzene rings is 1. The number of anilines is 2. The lowest BCUT2D eigenvalue weighted by molar-refractivity contribution is -0.274. The maximum absolute atomic E-state index is 13.2. The van der Waals surface area contributed by atoms with E-state index in [0.717, 1.165) is 5.39 Å². The van der Waals surface area contributed by atoms with E-state index in [9.17, 15) is 23.1 Å². The Kier molecular flexibility index (Phi) is 5.77. The Hall–Kier alpha value is -4.12. The number of aliphatic hydroxyl groups is 1. The van der Waals surface area contributed by atoms with Gasteiger partial charge in [0.1, 0.15) is 22.9 Å². The van der Waals surface area contributed by atoms with Gasteiger partial charge in [-0.3, -0.25) is 4.79 Å². The minimum Gasteiger partial charge on any atom is -0.406 e. The number of aliphatic hydroxyl groups excluding tert-OH is 1. The fourth-order valence-electron chi connectivity index (χ4n) is 3.90. The number of ether oxygens (including phenoxy) is 1. The summed E-state index contributed by atoms with van der Waals surface area (Å²) in [7, 11) is 0. The van der Waals surface area contributed by atoms with Crippen LogP contribution in [0.1, 0.15) is 16.1 Å². The zero-order valence-electron chi connectivity index (χ0n) is 18.2. The predicted octanol–water partition coefficient (Wildman–Crippen LogP) is 3.81. The first kappa shape index (κ1) is 22.7. The van der Waals surface area contributed by atoms with Crippen LogP contribution in [0.3, 0.4) is 0 Å². The third kappa shape index (κ3) is 5.04. The zero-order chi connectivity index (χ0) is 24.6. The maximum Gasteiger partial charge on any atom is 0.573 e. The monoisotopic (exact) mass is 483 g/mol. The van der Waals surface area contributed by atoms with Gasteiger partial charge in [0.05, 0.1) is 18.0 Å². The van der Waals surface area contributed by atoms with Crippen LogP contribution in [0.2, 0.25) is 0 Å². The fraction of sp³-hybridized carbons (Fsp3) is 0.208. The molecule has 35 heavy (non-hydrogen) atoms. The van der Waals surface area contributed by atoms with E-state index in [1.165, 1.54) is 24.3 Å². The van der Waals surface area contributed by atoms with Gasteiger partial charge in [0.25, 0.3) is 5.91 Å². The van der Waals surface area contributed by atoms with Gasteiger partial charge < -0.3 is 24.6 Å². The van der Waals surface area contributed by atoms with Crippen LogP contribution in [-0.2, 0) is 6.54 Å². The van der Waals surface area contributed by atoms with Crippen LogP contribution in [0.5, 0.6) is 5.75 Å². The van der Waals surface area contributed by atoms with Crippen LogP contribution in [0.15, 0.2) is 67.0 Å². The first-order valence-corrected chi connectivity index (χ1v) is 10.7. The van der Waals surface area contributed by atoms with Gasteiger partial charge in [0, 0.05) is 31.2 Å². The van der Waals surface area contributed by atoms with Crippen LogP contribution < -0.4 is 15.0 Å². The van der Waals surface area contributed by atoms with Crippen LogP contribution in [0, 0.1) is 0 Å². The fourth-order valence-corrected chi connectivity index (χ4v) is 3.90. The summed E-state index contributed by atoms with van der Waals surface area (Å²) in [6.07, 6.45) is -1.96. The molecule has 3 aromatic heterocycles. The highest BCUT2D eigenvalue weighted by molar-refractivity contribution is 6.06. The highest BCUT2D eigenvalue weighted by atomic mass is 19.4. The standard InChI is InChI=1S/C24H20F3N5O3/c25-24(26,27)35-19-6-3-15(4-7-19)12-32-20(10-16-2-1-9-28-22(16)32)23(34)30-17-5-8-21(29-11-17)31-13-18(33)14-31/h1-11,18,33H,12-14H2,(H,30,34). The van der Waals surface area contributed by atoms with E-state index in [-0.39, 0.29) is 24.3 Å². The molecule has 0 spiro atoms. The van der Waals surface area contributed by atoms with Gasteiger partial charge in [0.2, 0.25) is 0 Å². The van der Waals surface area contributed by atoms with Gasteiger partial charge in [-0.25, -0.2) is 9.97 Å². The summed E-state index contributed by atoms with van der Waals surface area (Å²) in [5.74, 6) is 0.0110. The van der Waals surface area contributed by atoms with Crippen molar-refractivity contribution in [1.82, 2.24) is 14.5 Å². The summed E-state index contributed by atoms with van der Waals surface area (Å²) < 4.78 is 43.0. The van der Waals surface area contributed by atoms with Crippen molar-refractivity contribution in [2.75, 3.05) is 23.3 Å². The van der Waals surface area contributed by atoms with E-state index in [2.05, 4.69) is 20.0 Å². The minimum absolute atomic E-state index is 0.212. The Labute approximate surface area is 197 Å². The van der Waals surface area contributed by atoms with Crippen molar-refractivity contribution >= 4 is 28.4 Å². The smallest absolute Gasteiger partial charge is 0.406 e. The normalized spacial score (nSPS) is 14.1. The summed E-state index contributed by atoms with van der Waals surface area (Å²) in [4.78, 5) is 23.8. The lowest BCUT2D eigenvalue weighted by atomic mass is 10.2. The van der Waals surface area contributed by atoms with Crippen LogP contribution in [0.25, 0.3) is 11.0 Å². The van der Waals surface area contributed by atoms with Crippen molar-refractivity contribution in [2.45, 2.75) is 19.0 Å². The summed E-state index contributed by atoms with van der Waals surface area (Å²) >= 11 is 0. The number of hydrogen-bond acceptors (Lipinski definition) is 6. The highest BCUT2D eigenvalue weighted by Crippen LogP contribution is 2.25. The Morgan fingerprint density at radius 3 is 2.54 bits per heavy atom. The van der Waals surface area contributed by atoms with Gasteiger partial charge in [-0.1, -0.05) is 12.1 Å². The number of hydrogen-bond donors (Lipinski definition) is 2. The summed E-state index contributed by atoms with van der Waals surface area (Å²) in [5, 5.41) is 13.0. The summed E-state index contributed by atoms with van der Waals surface area (Å²) in [6.45, 7) is 1.26. The number of pyridine rings is 2. The molecule has 180 valence electrons. The molecular weight excluding hydrogens is 463 g/mol. The molecular formula is C24H20F3N5O3. The molecule has 5 rings (SSSR count). The van der Waals surface area contributed by atoms with Gasteiger partial charge in [0.15, 0.2) is 0 Å². The molecule has 1 saturated heterocycles. The van der Waals surface area contributed by atoms with Crippen LogP contribution in [0.4, 0.5) is 24.7 Å². The number of carbonyl (C=O) groups excluding carboxylic acids is 1. The van der Waals surface area contributed by atoms with E-state index >= 15 is 0 Å². The first-order chi connectivity index (χ1) is 16.7. The number of fused-ring (bicyclic) bond motifs is 1. The van der Waals surface area contributed by atoms with Crippen LogP contribution in [-0.4, -0.2) is 51.1 Å². The maximum atomic E-state index is 13.2. The Balaban J connectivity index is 1.37. The van der Waals surface area contributed by atoms with Crippen molar-refractivity contribution in [2.24, 2.45) is 0 Å². The molecule has 0 unspecified atom stereocenters. The van der Waals surface area contributed by atoms with Gasteiger partial charge >= 0.3 is 6.36 Å². The van der Waals surface area contributed by atoms with Crippen LogP contribution >= 0.6 is 0 Å². The molecule has 1 aliphatic rings. The summed E-state index contributed by atoms with van der Waals surface area (Å²) in [5.41, 5.74) is 2.07. The van der Waals surface area contributed by atoms with E-state index in [1.807, 2.05) is 11.0 Å². The van der Waals surface area contributed by atoms with E-state index in [0.29, 0.717) is 41.5 Å². The molecule has 4 heterocycles. The number of aromatic nitrogens is 3. The molecule has 0 atom stereocenters. The molecule has 1 aliphatic heterocycles. The second-order valence-electron chi connectivity index (χ2n) is 8.14. The number of amides is 1. The second kappa shape index (κ2) is 8.91. The predicted molar refractivity (Wildman–Crippen MR) is 122 cm³/mol. The molecule has 8 nitrogen and oxygen atoms in total. The van der Waals surface area contributed by atoms with Crippen molar-refractivity contribution in [3.8, 4) is 5.75 Å². The number of nitrogens with zero attached hydrogens (tertiary/aromatic N) is 4. The SMILES string of the molecule is O=C(Nc1ccc(N2CC(O)C2)nc1)c1cc2cccnc2n1Cc1ccc(OC(F)(F)F)cc1. The first-order valence-electron chi connectivity index (χ1n) is 10.7. The van der Waals surface area contributed by atoms with E-state index in [4.69, 9.17) is 0 Å². The Morgan fingerprint density at radius 2 is 1.89 bits per heavy atom. The zero-order valence-corrected chi connectivity index (χ0v) is 18.2. The molecule has 1 fully saturated rings. The molecule has 2 N–H and O–H groups in total. The van der Waals surface area contributed by atoms with Gasteiger partial charge in [-0.2, -0.15) is 0 Å². The molecule has 0 aliphatic carbocycles. The van der Waals surface area contributed by atoms with Crippen molar-refractivity contribution in [3.05, 3.63) is 78.2 Å². The van der Waals surface area contributed by atoms with E-state index in [1.54, 1.807) is 41.2 Å². The molecule has 0 radical (unpaired) electrons. The van der Waals surface area contributed by atoms with Gasteiger partial charge in [-0.15, -0.1) is 13.2 Å². The number of nitrogens with one attached hydrogen (secondary N) is 1. The number of alkyl halides is 3. The highest BCUT2D eigenvalue weighted by Gasteiger charge is 2.31. The lowest BCUT2D eigenvalue weighted by Crippen LogP contribution is -2.51. The number of rotatable bonds is 6. The third-order valence-corrected chi connectivity index (χ3v) is 5.58. The molecule has 11 heteroatoms. The average Bonchev–Trinajstić information content (AvgIpc) is 3.16. The molecule has 0 saturated carbocycles. The van der Waals surface area contributed by atoms with Crippen molar-refractivity contribution in [1.29, 1.82) is 0 Å². The lowest BCUT2D eigenvalue weighted by Gasteiger charge is -2.36. The number of β-amino-alcohol motifs (C(OH)–C–C–N with tert-alkyl or cyclic N) is 1. The molecule has 1 amide bonds. The average molecular weight is 483 g/mol.